The van der Waals surface area contributed by atoms with Crippen LogP contribution < -0.4 is 5.73 Å². The number of benzene rings is 2. The van der Waals surface area contributed by atoms with Crippen molar-refractivity contribution in [3.63, 3.8) is 0 Å². The van der Waals surface area contributed by atoms with Gasteiger partial charge in [0.25, 0.3) is 0 Å². The molecule has 5 nitrogen and oxygen atoms in total. The van der Waals surface area contributed by atoms with Crippen molar-refractivity contribution in [1.82, 2.24) is 5.16 Å². The largest absolute Gasteiger partial charge is 0.434 e. The molecule has 0 spiro atoms. The van der Waals surface area contributed by atoms with Crippen molar-refractivity contribution in [2.75, 3.05) is 0 Å². The summed E-state index contributed by atoms with van der Waals surface area (Å²) < 4.78 is 60.9. The van der Waals surface area contributed by atoms with Crippen molar-refractivity contribution >= 4 is 28.6 Å². The molecule has 158 valence electrons. The molecular formula is C21H13ClF4N4O. The van der Waals surface area contributed by atoms with Crippen LogP contribution in [0.2, 0.25) is 5.02 Å². The highest BCUT2D eigenvalue weighted by molar-refractivity contribution is 6.33. The van der Waals surface area contributed by atoms with E-state index in [0.29, 0.717) is 11.8 Å². The SMILES string of the molecule is Cc1cccc(N=C(C(=CN)c2onc(-c3c(F)cccc3Cl)c2C#N)C(F)(F)F)c1. The van der Waals surface area contributed by atoms with E-state index in [0.717, 1.165) is 6.07 Å². The second-order valence-electron chi connectivity index (χ2n) is 6.32. The van der Waals surface area contributed by atoms with E-state index in [1.54, 1.807) is 25.1 Å². The van der Waals surface area contributed by atoms with Crippen LogP contribution >= 0.6 is 11.6 Å². The minimum absolute atomic E-state index is 0.0158. The minimum Gasteiger partial charge on any atom is -0.404 e. The number of allylic oxidation sites excluding steroid dienone is 1. The predicted molar refractivity (Wildman–Crippen MR) is 108 cm³/mol. The molecule has 0 aliphatic carbocycles. The summed E-state index contributed by atoms with van der Waals surface area (Å²) in [4.78, 5) is 3.68. The summed E-state index contributed by atoms with van der Waals surface area (Å²) in [7, 11) is 0. The lowest BCUT2D eigenvalue weighted by Crippen LogP contribution is -2.25. The van der Waals surface area contributed by atoms with E-state index in [2.05, 4.69) is 10.1 Å². The molecule has 1 heterocycles. The maximum absolute atomic E-state index is 14.3. The number of hydrogen-bond acceptors (Lipinski definition) is 5. The Labute approximate surface area is 179 Å². The number of aliphatic imine (C=N–C) groups is 1. The Hall–Kier alpha value is -3.64. The Morgan fingerprint density at radius 2 is 1.97 bits per heavy atom. The molecule has 0 radical (unpaired) electrons. The van der Waals surface area contributed by atoms with Gasteiger partial charge in [-0.15, -0.1) is 0 Å². The second kappa shape index (κ2) is 8.62. The first kappa shape index (κ1) is 22.1. The first-order valence-electron chi connectivity index (χ1n) is 8.66. The molecule has 0 saturated heterocycles. The fraction of sp³-hybridized carbons (Fsp3) is 0.0952. The van der Waals surface area contributed by atoms with E-state index < -0.39 is 34.6 Å². The van der Waals surface area contributed by atoms with Crippen LogP contribution in [0.1, 0.15) is 16.9 Å². The zero-order chi connectivity index (χ0) is 22.8. The molecule has 10 heteroatoms. The summed E-state index contributed by atoms with van der Waals surface area (Å²) >= 11 is 6.00. The average molecular weight is 449 g/mol. The van der Waals surface area contributed by atoms with Gasteiger partial charge in [0, 0.05) is 6.20 Å². The van der Waals surface area contributed by atoms with E-state index >= 15 is 0 Å². The summed E-state index contributed by atoms with van der Waals surface area (Å²) in [5, 5.41) is 13.1. The highest BCUT2D eigenvalue weighted by Gasteiger charge is 2.41. The minimum atomic E-state index is -4.95. The number of nitrogens with two attached hydrogens (primary N) is 1. The van der Waals surface area contributed by atoms with Crippen molar-refractivity contribution in [1.29, 1.82) is 5.26 Å². The van der Waals surface area contributed by atoms with E-state index in [1.165, 1.54) is 24.3 Å². The van der Waals surface area contributed by atoms with E-state index in [1.807, 2.05) is 0 Å². The quantitative estimate of drug-likeness (QED) is 0.394. The van der Waals surface area contributed by atoms with Crippen molar-refractivity contribution in [2.45, 2.75) is 13.1 Å². The van der Waals surface area contributed by atoms with Gasteiger partial charge in [-0.05, 0) is 36.8 Å². The number of aromatic nitrogens is 1. The lowest BCUT2D eigenvalue weighted by atomic mass is 10.0. The van der Waals surface area contributed by atoms with Crippen LogP contribution in [0.4, 0.5) is 23.2 Å². The summed E-state index contributed by atoms with van der Waals surface area (Å²) in [5.41, 5.74) is 2.96. The molecule has 31 heavy (non-hydrogen) atoms. The number of halogens is 5. The molecule has 0 aliphatic rings. The van der Waals surface area contributed by atoms with E-state index in [-0.39, 0.29) is 22.0 Å². The summed E-state index contributed by atoms with van der Waals surface area (Å²) in [6.45, 7) is 1.70. The topological polar surface area (TPSA) is 88.2 Å². The third-order valence-electron chi connectivity index (χ3n) is 4.18. The molecule has 0 unspecified atom stereocenters. The predicted octanol–water partition coefficient (Wildman–Crippen LogP) is 5.95. The standard InChI is InChI=1S/C21H13ClF4N4O/c1-11-4-2-5-12(8-11)29-20(21(24,25)26)14(10-28)19-13(9-27)18(30-31-19)17-15(22)6-3-7-16(17)23/h2-8,10H,28H2,1H3. The van der Waals surface area contributed by atoms with Crippen LogP contribution in [0.3, 0.4) is 0 Å². The monoisotopic (exact) mass is 448 g/mol. The molecule has 2 N–H and O–H groups in total. The summed E-state index contributed by atoms with van der Waals surface area (Å²) in [5.74, 6) is -1.44. The Morgan fingerprint density at radius 3 is 2.55 bits per heavy atom. The highest BCUT2D eigenvalue weighted by atomic mass is 35.5. The number of hydrogen-bond donors (Lipinski definition) is 1. The van der Waals surface area contributed by atoms with Gasteiger partial charge in [0.1, 0.15) is 23.1 Å². The number of nitriles is 1. The van der Waals surface area contributed by atoms with Crippen LogP contribution in [-0.2, 0) is 0 Å². The molecule has 0 atom stereocenters. The Bertz CT molecular complexity index is 1220. The molecule has 3 rings (SSSR count). The van der Waals surface area contributed by atoms with Gasteiger partial charge in [0.2, 0.25) is 0 Å². The van der Waals surface area contributed by atoms with Crippen molar-refractivity contribution in [2.24, 2.45) is 10.7 Å². The average Bonchev–Trinajstić information content (AvgIpc) is 3.10. The lowest BCUT2D eigenvalue weighted by molar-refractivity contribution is -0.0571. The van der Waals surface area contributed by atoms with Crippen LogP contribution in [0.5, 0.6) is 0 Å². The summed E-state index contributed by atoms with van der Waals surface area (Å²) in [6, 6.07) is 11.5. The highest BCUT2D eigenvalue weighted by Crippen LogP contribution is 2.37. The Kier molecular flexibility index (Phi) is 6.13. The number of alkyl halides is 3. The van der Waals surface area contributed by atoms with Crippen LogP contribution in [0.15, 0.2) is 58.2 Å². The molecule has 3 aromatic rings. The molecular weight excluding hydrogens is 436 g/mol. The van der Waals surface area contributed by atoms with Gasteiger partial charge < -0.3 is 10.3 Å². The Morgan fingerprint density at radius 1 is 1.26 bits per heavy atom. The van der Waals surface area contributed by atoms with E-state index in [9.17, 15) is 22.8 Å². The zero-order valence-electron chi connectivity index (χ0n) is 15.8. The molecule has 0 fully saturated rings. The maximum Gasteiger partial charge on any atom is 0.434 e. The summed E-state index contributed by atoms with van der Waals surface area (Å²) in [6.07, 6.45) is -4.35. The van der Waals surface area contributed by atoms with Crippen LogP contribution in [0, 0.1) is 24.1 Å². The van der Waals surface area contributed by atoms with E-state index in [4.69, 9.17) is 21.9 Å². The third-order valence-corrected chi connectivity index (χ3v) is 4.50. The number of rotatable bonds is 4. The molecule has 0 saturated carbocycles. The van der Waals surface area contributed by atoms with Crippen LogP contribution in [0.25, 0.3) is 16.8 Å². The normalized spacial score (nSPS) is 12.7. The van der Waals surface area contributed by atoms with Gasteiger partial charge in [0.05, 0.1) is 21.8 Å². The fourth-order valence-electron chi connectivity index (χ4n) is 2.84. The van der Waals surface area contributed by atoms with Gasteiger partial charge in [-0.25, -0.2) is 9.38 Å². The lowest BCUT2D eigenvalue weighted by Gasteiger charge is -2.12. The maximum atomic E-state index is 14.3. The van der Waals surface area contributed by atoms with Gasteiger partial charge in [-0.2, -0.15) is 18.4 Å². The van der Waals surface area contributed by atoms with Gasteiger partial charge in [-0.1, -0.05) is 35.0 Å². The second-order valence-corrected chi connectivity index (χ2v) is 6.73. The van der Waals surface area contributed by atoms with Crippen molar-refractivity contribution in [3.8, 4) is 17.3 Å². The zero-order valence-corrected chi connectivity index (χ0v) is 16.6. The molecule has 1 aromatic heterocycles. The van der Waals surface area contributed by atoms with Gasteiger partial charge in [0.15, 0.2) is 11.5 Å². The molecule has 0 bridgehead atoms. The van der Waals surface area contributed by atoms with Crippen molar-refractivity contribution < 1.29 is 22.1 Å². The number of nitrogens with zero attached hydrogens (tertiary/aromatic N) is 3. The number of aryl methyl sites for hydroxylation is 1. The molecule has 0 aliphatic heterocycles. The van der Waals surface area contributed by atoms with Crippen molar-refractivity contribution in [3.05, 3.63) is 76.4 Å². The fourth-order valence-corrected chi connectivity index (χ4v) is 3.09. The third kappa shape index (κ3) is 4.44. The van der Waals surface area contributed by atoms with Crippen LogP contribution in [-0.4, -0.2) is 17.0 Å². The molecule has 2 aromatic carbocycles. The smallest absolute Gasteiger partial charge is 0.404 e. The van der Waals surface area contributed by atoms with Gasteiger partial charge >= 0.3 is 6.18 Å². The molecule has 0 amide bonds. The first-order valence-corrected chi connectivity index (χ1v) is 9.04. The Balaban J connectivity index is 2.22. The van der Waals surface area contributed by atoms with Gasteiger partial charge in [-0.3, -0.25) is 0 Å². The first-order chi connectivity index (χ1) is 14.7.